The molecule has 1 rings (SSSR count). The maximum absolute atomic E-state index is 6.02. The molecule has 2 atom stereocenters. The molecule has 0 radical (unpaired) electrons. The van der Waals surface area contributed by atoms with Gasteiger partial charge in [0.15, 0.2) is 0 Å². The maximum Gasteiger partial charge on any atom is 0.118 e. The Morgan fingerprint density at radius 3 is 2.42 bits per heavy atom. The van der Waals surface area contributed by atoms with Gasteiger partial charge in [-0.3, -0.25) is 0 Å². The van der Waals surface area contributed by atoms with Gasteiger partial charge in [-0.05, 0) is 43.6 Å². The molecular weight excluding hydrogens is 324 g/mol. The van der Waals surface area contributed by atoms with E-state index >= 15 is 0 Å². The molecule has 26 heavy (non-hydrogen) atoms. The zero-order valence-electron chi connectivity index (χ0n) is 17.4. The molecule has 0 fully saturated rings. The first-order valence-electron chi connectivity index (χ1n) is 9.98. The van der Waals surface area contributed by atoms with E-state index in [4.69, 9.17) is 14.2 Å². The monoisotopic (exact) mass is 362 g/mol. The molecule has 0 heterocycles. The van der Waals surface area contributed by atoms with Crippen LogP contribution in [0.25, 0.3) is 0 Å². The van der Waals surface area contributed by atoms with Crippen molar-refractivity contribution in [2.75, 3.05) is 13.2 Å². The van der Waals surface area contributed by atoms with Gasteiger partial charge in [-0.2, -0.15) is 0 Å². The summed E-state index contributed by atoms with van der Waals surface area (Å²) < 4.78 is 17.2. The Hall–Kier alpha value is -1.48. The van der Waals surface area contributed by atoms with E-state index in [1.165, 1.54) is 5.56 Å². The van der Waals surface area contributed by atoms with Gasteiger partial charge >= 0.3 is 0 Å². The van der Waals surface area contributed by atoms with E-state index in [9.17, 15) is 0 Å². The van der Waals surface area contributed by atoms with Crippen molar-refractivity contribution in [3.05, 3.63) is 48.4 Å². The van der Waals surface area contributed by atoms with E-state index in [1.54, 1.807) is 12.5 Å². The molecule has 2 unspecified atom stereocenters. The normalized spacial score (nSPS) is 14.3. The standard InChI is InChI=1S/C23H38O3/c1-6-22(26-19-23(3,4)5)14-10-11-20(2)25-18-17-24-16-15-21-12-8-7-9-13-21/h7-9,12-13,17-18,20,22H,6,10-11,14-16,19H2,1-5H3/b18-17-. The summed E-state index contributed by atoms with van der Waals surface area (Å²) in [6, 6.07) is 10.3. The Morgan fingerprint density at radius 2 is 1.77 bits per heavy atom. The lowest BCUT2D eigenvalue weighted by Crippen LogP contribution is -2.21. The smallest absolute Gasteiger partial charge is 0.118 e. The van der Waals surface area contributed by atoms with Crippen molar-refractivity contribution >= 4 is 0 Å². The van der Waals surface area contributed by atoms with E-state index in [-0.39, 0.29) is 11.5 Å². The van der Waals surface area contributed by atoms with Gasteiger partial charge in [-0.1, -0.05) is 58.0 Å². The predicted octanol–water partition coefficient (Wildman–Crippen LogP) is 6.13. The lowest BCUT2D eigenvalue weighted by Gasteiger charge is -2.23. The summed E-state index contributed by atoms with van der Waals surface area (Å²) in [6.45, 7) is 12.4. The Labute approximate surface area is 160 Å². The summed E-state index contributed by atoms with van der Waals surface area (Å²) >= 11 is 0. The third-order valence-electron chi connectivity index (χ3n) is 4.16. The molecule has 1 aromatic carbocycles. The highest BCUT2D eigenvalue weighted by Gasteiger charge is 2.14. The molecule has 0 aliphatic heterocycles. The molecule has 3 heteroatoms. The number of hydrogen-bond donors (Lipinski definition) is 0. The van der Waals surface area contributed by atoms with E-state index < -0.39 is 0 Å². The van der Waals surface area contributed by atoms with Crippen molar-refractivity contribution in [2.45, 2.75) is 78.9 Å². The Balaban J connectivity index is 2.07. The van der Waals surface area contributed by atoms with Crippen LogP contribution in [-0.2, 0) is 20.6 Å². The van der Waals surface area contributed by atoms with E-state index in [0.717, 1.165) is 38.7 Å². The van der Waals surface area contributed by atoms with Gasteiger partial charge in [0.2, 0.25) is 0 Å². The first-order valence-corrected chi connectivity index (χ1v) is 9.98. The topological polar surface area (TPSA) is 27.7 Å². The van der Waals surface area contributed by atoms with Gasteiger partial charge in [-0.15, -0.1) is 0 Å². The zero-order chi connectivity index (χ0) is 19.3. The van der Waals surface area contributed by atoms with Gasteiger partial charge in [0.1, 0.15) is 12.5 Å². The van der Waals surface area contributed by atoms with Crippen LogP contribution in [0.3, 0.4) is 0 Å². The third kappa shape index (κ3) is 12.0. The minimum atomic E-state index is 0.198. The maximum atomic E-state index is 6.02. The lowest BCUT2D eigenvalue weighted by molar-refractivity contribution is -0.000174. The molecule has 0 bridgehead atoms. The van der Waals surface area contributed by atoms with Gasteiger partial charge < -0.3 is 14.2 Å². The molecule has 0 spiro atoms. The van der Waals surface area contributed by atoms with Crippen LogP contribution in [0.2, 0.25) is 0 Å². The van der Waals surface area contributed by atoms with Crippen molar-refractivity contribution in [1.29, 1.82) is 0 Å². The third-order valence-corrected chi connectivity index (χ3v) is 4.16. The van der Waals surface area contributed by atoms with Gasteiger partial charge in [0.25, 0.3) is 0 Å². The summed E-state index contributed by atoms with van der Waals surface area (Å²) in [4.78, 5) is 0. The van der Waals surface area contributed by atoms with Crippen LogP contribution in [0.4, 0.5) is 0 Å². The molecule has 148 valence electrons. The molecule has 0 aliphatic carbocycles. The molecule has 0 saturated heterocycles. The lowest BCUT2D eigenvalue weighted by atomic mass is 9.98. The number of ether oxygens (including phenoxy) is 3. The van der Waals surface area contributed by atoms with Crippen LogP contribution in [0, 0.1) is 5.41 Å². The summed E-state index contributed by atoms with van der Waals surface area (Å²) in [6.07, 6.45) is 9.11. The Morgan fingerprint density at radius 1 is 1.04 bits per heavy atom. The fraction of sp³-hybridized carbons (Fsp3) is 0.652. The van der Waals surface area contributed by atoms with Crippen molar-refractivity contribution in [2.24, 2.45) is 5.41 Å². The van der Waals surface area contributed by atoms with Gasteiger partial charge in [-0.25, -0.2) is 0 Å². The second-order valence-electron chi connectivity index (χ2n) is 8.16. The molecular formula is C23H38O3. The van der Waals surface area contributed by atoms with Crippen molar-refractivity contribution in [3.63, 3.8) is 0 Å². The highest BCUT2D eigenvalue weighted by molar-refractivity contribution is 5.14. The Kier molecular flexibility index (Phi) is 11.1. The average molecular weight is 363 g/mol. The van der Waals surface area contributed by atoms with Crippen LogP contribution in [0.15, 0.2) is 42.9 Å². The van der Waals surface area contributed by atoms with E-state index in [2.05, 4.69) is 46.8 Å². The van der Waals surface area contributed by atoms with E-state index in [0.29, 0.717) is 12.7 Å². The summed E-state index contributed by atoms with van der Waals surface area (Å²) in [5.74, 6) is 0. The largest absolute Gasteiger partial charge is 0.498 e. The number of hydrogen-bond acceptors (Lipinski definition) is 3. The number of benzene rings is 1. The van der Waals surface area contributed by atoms with Crippen LogP contribution in [0.5, 0.6) is 0 Å². The summed E-state index contributed by atoms with van der Waals surface area (Å²) in [7, 11) is 0. The van der Waals surface area contributed by atoms with E-state index in [1.807, 2.05) is 18.2 Å². The van der Waals surface area contributed by atoms with Crippen LogP contribution < -0.4 is 0 Å². The molecule has 3 nitrogen and oxygen atoms in total. The second kappa shape index (κ2) is 12.8. The fourth-order valence-electron chi connectivity index (χ4n) is 2.57. The van der Waals surface area contributed by atoms with Crippen LogP contribution in [-0.4, -0.2) is 25.4 Å². The number of rotatable bonds is 13. The Bertz CT molecular complexity index is 476. The van der Waals surface area contributed by atoms with Crippen molar-refractivity contribution in [1.82, 2.24) is 0 Å². The molecule has 0 aliphatic rings. The quantitative estimate of drug-likeness (QED) is 0.312. The highest BCUT2D eigenvalue weighted by Crippen LogP contribution is 2.18. The predicted molar refractivity (Wildman–Crippen MR) is 109 cm³/mol. The van der Waals surface area contributed by atoms with Crippen LogP contribution >= 0.6 is 0 Å². The zero-order valence-corrected chi connectivity index (χ0v) is 17.4. The van der Waals surface area contributed by atoms with Crippen molar-refractivity contribution < 1.29 is 14.2 Å². The SMILES string of the molecule is CCC(CCCC(C)O/C=C\OCCc1ccccc1)OCC(C)(C)C. The molecule has 0 aromatic heterocycles. The first kappa shape index (κ1) is 22.6. The highest BCUT2D eigenvalue weighted by atomic mass is 16.5. The molecule has 1 aromatic rings. The first-order chi connectivity index (χ1) is 12.4. The van der Waals surface area contributed by atoms with Crippen molar-refractivity contribution in [3.8, 4) is 0 Å². The summed E-state index contributed by atoms with van der Waals surface area (Å²) in [5, 5.41) is 0. The summed E-state index contributed by atoms with van der Waals surface area (Å²) in [5.41, 5.74) is 1.52. The van der Waals surface area contributed by atoms with Gasteiger partial charge in [0, 0.05) is 6.42 Å². The molecule has 0 amide bonds. The second-order valence-corrected chi connectivity index (χ2v) is 8.16. The van der Waals surface area contributed by atoms with Gasteiger partial charge in [0.05, 0.1) is 25.4 Å². The average Bonchev–Trinajstić information content (AvgIpc) is 2.61. The fourth-order valence-corrected chi connectivity index (χ4v) is 2.57. The van der Waals surface area contributed by atoms with Crippen LogP contribution in [0.1, 0.15) is 65.9 Å². The minimum Gasteiger partial charge on any atom is -0.498 e. The molecule has 0 saturated carbocycles. The molecule has 0 N–H and O–H groups in total. The minimum absolute atomic E-state index is 0.198.